The van der Waals surface area contributed by atoms with Gasteiger partial charge < -0.3 is 4.74 Å². The summed E-state index contributed by atoms with van der Waals surface area (Å²) in [5.41, 5.74) is 0.866. The van der Waals surface area contributed by atoms with Gasteiger partial charge in [0.05, 0.1) is 11.9 Å². The van der Waals surface area contributed by atoms with Crippen LogP contribution in [-0.4, -0.2) is 36.0 Å². The molecule has 0 aliphatic carbocycles. The van der Waals surface area contributed by atoms with Gasteiger partial charge >= 0.3 is 5.97 Å². The Labute approximate surface area is 165 Å². The molecule has 0 bridgehead atoms. The molecular weight excluding hydrogens is 372 g/mol. The average Bonchev–Trinajstić information content (AvgIpc) is 3.20. The average molecular weight is 390 g/mol. The van der Waals surface area contributed by atoms with Crippen LogP contribution >= 0.6 is 0 Å². The van der Waals surface area contributed by atoms with Gasteiger partial charge in [0.1, 0.15) is 0 Å². The molecule has 9 nitrogen and oxygen atoms in total. The summed E-state index contributed by atoms with van der Waals surface area (Å²) in [7, 11) is 0. The Morgan fingerprint density at radius 2 is 1.72 bits per heavy atom. The number of benzene rings is 2. The molecule has 0 spiro atoms. The summed E-state index contributed by atoms with van der Waals surface area (Å²) in [6, 6.07) is 16.6. The maximum absolute atomic E-state index is 12.7. The van der Waals surface area contributed by atoms with Gasteiger partial charge in [-0.2, -0.15) is 5.10 Å². The Bertz CT molecular complexity index is 1220. The van der Waals surface area contributed by atoms with Gasteiger partial charge in [0, 0.05) is 11.9 Å². The number of nitrogens with zero attached hydrogens (tertiary/aromatic N) is 6. The van der Waals surface area contributed by atoms with E-state index in [1.807, 2.05) is 30.3 Å². The van der Waals surface area contributed by atoms with E-state index in [4.69, 9.17) is 4.74 Å². The highest BCUT2D eigenvalue weighted by atomic mass is 16.5. The van der Waals surface area contributed by atoms with Crippen LogP contribution in [0.25, 0.3) is 10.8 Å². The molecule has 2 aromatic heterocycles. The van der Waals surface area contributed by atoms with Crippen molar-refractivity contribution in [3.63, 3.8) is 0 Å². The predicted octanol–water partition coefficient (Wildman–Crippen LogP) is 1.81. The molecule has 0 amide bonds. The van der Waals surface area contributed by atoms with E-state index in [9.17, 15) is 9.59 Å². The Morgan fingerprint density at radius 3 is 2.48 bits per heavy atom. The van der Waals surface area contributed by atoms with Crippen molar-refractivity contribution in [2.75, 3.05) is 0 Å². The van der Waals surface area contributed by atoms with E-state index >= 15 is 0 Å². The smallest absolute Gasteiger partial charge is 0.359 e. The van der Waals surface area contributed by atoms with Gasteiger partial charge in [-0.05, 0) is 29.0 Å². The van der Waals surface area contributed by atoms with E-state index in [1.54, 1.807) is 35.9 Å². The Kier molecular flexibility index (Phi) is 5.10. The molecule has 0 aliphatic heterocycles. The summed E-state index contributed by atoms with van der Waals surface area (Å²) >= 11 is 0. The Balaban J connectivity index is 1.57. The van der Waals surface area contributed by atoms with Crippen molar-refractivity contribution >= 4 is 16.7 Å². The summed E-state index contributed by atoms with van der Waals surface area (Å²) in [5, 5.41) is 16.6. The molecule has 29 heavy (non-hydrogen) atoms. The fourth-order valence-electron chi connectivity index (χ4n) is 3.00. The van der Waals surface area contributed by atoms with Crippen molar-refractivity contribution < 1.29 is 9.53 Å². The number of fused-ring (bicyclic) bond motifs is 1. The monoisotopic (exact) mass is 390 g/mol. The Hall–Kier alpha value is -3.88. The van der Waals surface area contributed by atoms with E-state index < -0.39 is 5.97 Å². The summed E-state index contributed by atoms with van der Waals surface area (Å²) < 4.78 is 8.24. The van der Waals surface area contributed by atoms with Gasteiger partial charge in [-0.15, -0.1) is 5.10 Å². The zero-order valence-corrected chi connectivity index (χ0v) is 15.7. The van der Waals surface area contributed by atoms with E-state index in [-0.39, 0.29) is 17.9 Å². The maximum Gasteiger partial charge on any atom is 0.359 e. The third-order valence-electron chi connectivity index (χ3n) is 4.47. The molecule has 0 unspecified atom stereocenters. The molecule has 146 valence electrons. The first-order chi connectivity index (χ1) is 14.2. The van der Waals surface area contributed by atoms with Crippen molar-refractivity contribution in [1.29, 1.82) is 0 Å². The van der Waals surface area contributed by atoms with Crippen LogP contribution in [0.4, 0.5) is 0 Å². The van der Waals surface area contributed by atoms with Crippen molar-refractivity contribution in [3.8, 4) is 0 Å². The van der Waals surface area contributed by atoms with Gasteiger partial charge in [-0.1, -0.05) is 48.5 Å². The number of carbonyl (C=O) groups excluding carboxylic acids is 1. The van der Waals surface area contributed by atoms with Crippen LogP contribution in [0.5, 0.6) is 0 Å². The molecule has 0 saturated carbocycles. The number of ether oxygens (including phenoxy) is 1. The summed E-state index contributed by atoms with van der Waals surface area (Å²) in [4.78, 5) is 25.1. The molecule has 2 aromatic carbocycles. The molecule has 4 rings (SSSR count). The van der Waals surface area contributed by atoms with Crippen LogP contribution < -0.4 is 5.56 Å². The quantitative estimate of drug-likeness (QED) is 0.462. The lowest BCUT2D eigenvalue weighted by Crippen LogP contribution is -2.26. The second-order valence-electron chi connectivity index (χ2n) is 6.33. The topological polar surface area (TPSA) is 105 Å². The first-order valence-corrected chi connectivity index (χ1v) is 9.13. The first kappa shape index (κ1) is 18.5. The standard InChI is InChI=1S/C20H18N6O3/c1-2-25-19(27)16-11-7-6-10-15(16)18(22-25)20(28)29-13-17-21-23-24-26(17)12-14-8-4-3-5-9-14/h3-11H,2,12-13H2,1H3. The molecule has 0 fully saturated rings. The minimum absolute atomic E-state index is 0.0872. The zero-order valence-electron chi connectivity index (χ0n) is 15.7. The number of rotatable bonds is 6. The highest BCUT2D eigenvalue weighted by Crippen LogP contribution is 2.15. The maximum atomic E-state index is 12.7. The summed E-state index contributed by atoms with van der Waals surface area (Å²) in [6.45, 7) is 2.48. The van der Waals surface area contributed by atoms with Crippen molar-refractivity contribution in [2.45, 2.75) is 26.6 Å². The molecule has 0 aliphatic rings. The fourth-order valence-corrected chi connectivity index (χ4v) is 3.00. The SMILES string of the molecule is CCn1nc(C(=O)OCc2nnnn2Cc2ccccc2)c2ccccc2c1=O. The van der Waals surface area contributed by atoms with E-state index in [2.05, 4.69) is 20.6 Å². The molecular formula is C20H18N6O3. The minimum atomic E-state index is -0.641. The number of hydrogen-bond donors (Lipinski definition) is 0. The van der Waals surface area contributed by atoms with Gasteiger partial charge in [0.25, 0.3) is 5.56 Å². The number of hydrogen-bond acceptors (Lipinski definition) is 7. The lowest BCUT2D eigenvalue weighted by atomic mass is 10.1. The zero-order chi connectivity index (χ0) is 20.2. The molecule has 0 radical (unpaired) electrons. The largest absolute Gasteiger partial charge is 0.453 e. The minimum Gasteiger partial charge on any atom is -0.453 e. The van der Waals surface area contributed by atoms with Crippen LogP contribution in [-0.2, 0) is 24.4 Å². The highest BCUT2D eigenvalue weighted by molar-refractivity contribution is 6.02. The van der Waals surface area contributed by atoms with Crippen LogP contribution in [0.15, 0.2) is 59.4 Å². The van der Waals surface area contributed by atoms with Crippen LogP contribution in [0, 0.1) is 0 Å². The molecule has 0 saturated heterocycles. The van der Waals surface area contributed by atoms with Crippen LogP contribution in [0.2, 0.25) is 0 Å². The molecule has 2 heterocycles. The van der Waals surface area contributed by atoms with E-state index in [0.29, 0.717) is 29.7 Å². The number of carbonyl (C=O) groups is 1. The number of aryl methyl sites for hydroxylation is 1. The fraction of sp³-hybridized carbons (Fsp3) is 0.200. The van der Waals surface area contributed by atoms with E-state index in [1.165, 1.54) is 4.68 Å². The summed E-state index contributed by atoms with van der Waals surface area (Å²) in [6.07, 6.45) is 0. The first-order valence-electron chi connectivity index (χ1n) is 9.13. The molecule has 0 N–H and O–H groups in total. The molecule has 9 heteroatoms. The lowest BCUT2D eigenvalue weighted by molar-refractivity contribution is 0.0449. The van der Waals surface area contributed by atoms with E-state index in [0.717, 1.165) is 5.56 Å². The van der Waals surface area contributed by atoms with Gasteiger partial charge in [-0.25, -0.2) is 14.2 Å². The van der Waals surface area contributed by atoms with Crippen LogP contribution in [0.1, 0.15) is 28.8 Å². The number of tetrazole rings is 1. The Morgan fingerprint density at radius 1 is 1.00 bits per heavy atom. The van der Waals surface area contributed by atoms with Crippen molar-refractivity contribution in [2.24, 2.45) is 0 Å². The predicted molar refractivity (Wildman–Crippen MR) is 104 cm³/mol. The van der Waals surface area contributed by atoms with Crippen LogP contribution in [0.3, 0.4) is 0 Å². The number of esters is 1. The normalized spacial score (nSPS) is 10.9. The molecule has 4 aromatic rings. The van der Waals surface area contributed by atoms with Gasteiger partial charge in [-0.3, -0.25) is 4.79 Å². The molecule has 0 atom stereocenters. The lowest BCUT2D eigenvalue weighted by Gasteiger charge is -2.10. The van der Waals surface area contributed by atoms with Gasteiger partial charge in [0.15, 0.2) is 18.1 Å². The number of aromatic nitrogens is 6. The summed E-state index contributed by atoms with van der Waals surface area (Å²) in [5.74, 6) is -0.229. The van der Waals surface area contributed by atoms with Gasteiger partial charge in [0.2, 0.25) is 0 Å². The second kappa shape index (κ2) is 8.01. The third-order valence-corrected chi connectivity index (χ3v) is 4.47. The third kappa shape index (κ3) is 3.75. The second-order valence-corrected chi connectivity index (χ2v) is 6.33. The van der Waals surface area contributed by atoms with Crippen molar-refractivity contribution in [1.82, 2.24) is 30.0 Å². The van der Waals surface area contributed by atoms with Crippen molar-refractivity contribution in [3.05, 3.63) is 82.0 Å². The highest BCUT2D eigenvalue weighted by Gasteiger charge is 2.19.